The number of nitrogens with zero attached hydrogens (tertiary/aromatic N) is 4. The molecular weight excluding hydrogens is 298 g/mol. The molecule has 0 bridgehead atoms. The van der Waals surface area contributed by atoms with Crippen molar-refractivity contribution in [3.05, 3.63) is 28.9 Å². The standard InChI is InChI=1S/C15H19N5OS/c1-5-9(2)20-13(6-7-16-20)17-14(21)12-8-11-10(3)18-19(4)15(11)22-12/h6-9H,5H2,1-4H3,(H,17,21). The van der Waals surface area contributed by atoms with Gasteiger partial charge in [-0.1, -0.05) is 6.92 Å². The van der Waals surface area contributed by atoms with Crippen LogP contribution in [0, 0.1) is 6.92 Å². The molecule has 1 atom stereocenters. The van der Waals surface area contributed by atoms with E-state index in [1.165, 1.54) is 11.3 Å². The van der Waals surface area contributed by atoms with Crippen molar-refractivity contribution in [3.8, 4) is 0 Å². The molecule has 3 aromatic heterocycles. The Morgan fingerprint density at radius 1 is 1.50 bits per heavy atom. The number of aryl methyl sites for hydroxylation is 2. The molecule has 6 nitrogen and oxygen atoms in total. The molecular formula is C15H19N5OS. The van der Waals surface area contributed by atoms with Crippen molar-refractivity contribution in [1.29, 1.82) is 0 Å². The van der Waals surface area contributed by atoms with Gasteiger partial charge in [-0.05, 0) is 26.3 Å². The Morgan fingerprint density at radius 2 is 2.27 bits per heavy atom. The maximum atomic E-state index is 12.5. The maximum Gasteiger partial charge on any atom is 0.266 e. The van der Waals surface area contributed by atoms with E-state index in [1.54, 1.807) is 6.20 Å². The summed E-state index contributed by atoms with van der Waals surface area (Å²) in [6, 6.07) is 3.98. The van der Waals surface area contributed by atoms with Crippen LogP contribution >= 0.6 is 11.3 Å². The van der Waals surface area contributed by atoms with Crippen LogP contribution in [-0.4, -0.2) is 25.5 Å². The Morgan fingerprint density at radius 3 is 2.95 bits per heavy atom. The Bertz CT molecular complexity index is 794. The van der Waals surface area contributed by atoms with Crippen LogP contribution in [-0.2, 0) is 7.05 Å². The molecule has 0 aliphatic rings. The number of fused-ring (bicyclic) bond motifs is 1. The van der Waals surface area contributed by atoms with Gasteiger partial charge in [-0.15, -0.1) is 11.3 Å². The Hall–Kier alpha value is -2.15. The maximum absolute atomic E-state index is 12.5. The van der Waals surface area contributed by atoms with Crippen molar-refractivity contribution in [3.63, 3.8) is 0 Å². The van der Waals surface area contributed by atoms with Crippen molar-refractivity contribution < 1.29 is 4.79 Å². The number of aromatic nitrogens is 4. The zero-order chi connectivity index (χ0) is 15.9. The van der Waals surface area contributed by atoms with E-state index >= 15 is 0 Å². The van der Waals surface area contributed by atoms with E-state index in [4.69, 9.17) is 0 Å². The average molecular weight is 317 g/mol. The highest BCUT2D eigenvalue weighted by molar-refractivity contribution is 7.20. The van der Waals surface area contributed by atoms with E-state index in [-0.39, 0.29) is 11.9 Å². The van der Waals surface area contributed by atoms with E-state index in [0.717, 1.165) is 28.1 Å². The molecule has 3 rings (SSSR count). The van der Waals surface area contributed by atoms with Gasteiger partial charge < -0.3 is 5.32 Å². The number of hydrogen-bond donors (Lipinski definition) is 1. The minimum absolute atomic E-state index is 0.106. The predicted molar refractivity (Wildman–Crippen MR) is 88.5 cm³/mol. The number of nitrogens with one attached hydrogen (secondary N) is 1. The minimum Gasteiger partial charge on any atom is -0.306 e. The van der Waals surface area contributed by atoms with E-state index in [1.807, 2.05) is 35.5 Å². The number of carbonyl (C=O) groups excluding carboxylic acids is 1. The number of thiophene rings is 1. The lowest BCUT2D eigenvalue weighted by molar-refractivity contribution is 0.102. The second-order valence-electron chi connectivity index (χ2n) is 5.41. The summed E-state index contributed by atoms with van der Waals surface area (Å²) in [5.41, 5.74) is 0.942. The van der Waals surface area contributed by atoms with Crippen LogP contribution in [0.1, 0.15) is 41.7 Å². The van der Waals surface area contributed by atoms with Crippen molar-refractivity contribution in [2.24, 2.45) is 7.05 Å². The van der Waals surface area contributed by atoms with Crippen molar-refractivity contribution in [2.75, 3.05) is 5.32 Å². The molecule has 3 aromatic rings. The van der Waals surface area contributed by atoms with Gasteiger partial charge in [0, 0.05) is 18.5 Å². The summed E-state index contributed by atoms with van der Waals surface area (Å²) in [7, 11) is 1.89. The third-order valence-corrected chi connectivity index (χ3v) is 5.04. The first kappa shape index (κ1) is 14.8. The van der Waals surface area contributed by atoms with Crippen LogP contribution in [0.2, 0.25) is 0 Å². The third-order valence-electron chi connectivity index (χ3n) is 3.84. The topological polar surface area (TPSA) is 64.7 Å². The molecule has 116 valence electrons. The summed E-state index contributed by atoms with van der Waals surface area (Å²) >= 11 is 1.45. The predicted octanol–water partition coefficient (Wildman–Crippen LogP) is 3.36. The molecule has 3 heterocycles. The second-order valence-corrected chi connectivity index (χ2v) is 6.44. The summed E-state index contributed by atoms with van der Waals surface area (Å²) < 4.78 is 3.66. The largest absolute Gasteiger partial charge is 0.306 e. The quantitative estimate of drug-likeness (QED) is 0.802. The van der Waals surface area contributed by atoms with Gasteiger partial charge >= 0.3 is 0 Å². The molecule has 1 amide bonds. The fourth-order valence-electron chi connectivity index (χ4n) is 2.43. The Balaban J connectivity index is 1.87. The van der Waals surface area contributed by atoms with E-state index in [2.05, 4.69) is 29.4 Å². The smallest absolute Gasteiger partial charge is 0.266 e. The lowest BCUT2D eigenvalue weighted by Gasteiger charge is -2.13. The van der Waals surface area contributed by atoms with Crippen molar-refractivity contribution in [1.82, 2.24) is 19.6 Å². The lowest BCUT2D eigenvalue weighted by Crippen LogP contribution is -2.16. The Labute approximate surface area is 132 Å². The zero-order valence-corrected chi connectivity index (χ0v) is 13.9. The molecule has 0 radical (unpaired) electrons. The number of hydrogen-bond acceptors (Lipinski definition) is 4. The van der Waals surface area contributed by atoms with Crippen LogP contribution in [0.25, 0.3) is 10.2 Å². The molecule has 1 N–H and O–H groups in total. The summed E-state index contributed by atoms with van der Waals surface area (Å²) in [5, 5.41) is 12.6. The molecule has 7 heteroatoms. The molecule has 1 unspecified atom stereocenters. The van der Waals surface area contributed by atoms with Crippen molar-refractivity contribution in [2.45, 2.75) is 33.2 Å². The van der Waals surface area contributed by atoms with Gasteiger partial charge in [-0.2, -0.15) is 10.2 Å². The first-order chi connectivity index (χ1) is 10.5. The molecule has 22 heavy (non-hydrogen) atoms. The zero-order valence-electron chi connectivity index (χ0n) is 13.1. The van der Waals surface area contributed by atoms with Gasteiger partial charge in [0.2, 0.25) is 0 Å². The van der Waals surface area contributed by atoms with Gasteiger partial charge in [0.1, 0.15) is 10.6 Å². The number of amides is 1. The van der Waals surface area contributed by atoms with Gasteiger partial charge in [0.15, 0.2) is 0 Å². The summed E-state index contributed by atoms with van der Waals surface area (Å²) in [6.45, 7) is 6.13. The molecule has 0 aromatic carbocycles. The lowest BCUT2D eigenvalue weighted by atomic mass is 10.3. The average Bonchev–Trinajstić information content (AvgIpc) is 3.17. The van der Waals surface area contributed by atoms with Gasteiger partial charge in [-0.3, -0.25) is 9.48 Å². The number of anilines is 1. The highest BCUT2D eigenvalue weighted by Gasteiger charge is 2.17. The van der Waals surface area contributed by atoms with Gasteiger partial charge in [0.05, 0.1) is 22.8 Å². The molecule has 0 aliphatic heterocycles. The van der Waals surface area contributed by atoms with Crippen LogP contribution in [0.4, 0.5) is 5.82 Å². The molecule has 0 saturated heterocycles. The molecule has 0 aliphatic carbocycles. The van der Waals surface area contributed by atoms with Gasteiger partial charge in [-0.25, -0.2) is 4.68 Å². The van der Waals surface area contributed by atoms with E-state index in [9.17, 15) is 4.79 Å². The minimum atomic E-state index is -0.106. The van der Waals surface area contributed by atoms with Crippen LogP contribution in [0.5, 0.6) is 0 Å². The fourth-order valence-corrected chi connectivity index (χ4v) is 3.45. The normalized spacial score (nSPS) is 12.7. The fraction of sp³-hybridized carbons (Fsp3) is 0.400. The van der Waals surface area contributed by atoms with Crippen LogP contribution in [0.15, 0.2) is 18.3 Å². The van der Waals surface area contributed by atoms with Crippen molar-refractivity contribution >= 4 is 33.3 Å². The van der Waals surface area contributed by atoms with E-state index in [0.29, 0.717) is 4.88 Å². The number of carbonyl (C=O) groups is 1. The molecule has 0 spiro atoms. The highest BCUT2D eigenvalue weighted by atomic mass is 32.1. The SMILES string of the molecule is CCC(C)n1nccc1NC(=O)c1cc2c(C)nn(C)c2s1. The van der Waals surface area contributed by atoms with E-state index < -0.39 is 0 Å². The molecule has 0 saturated carbocycles. The van der Waals surface area contributed by atoms with Crippen LogP contribution < -0.4 is 5.32 Å². The number of rotatable bonds is 4. The summed E-state index contributed by atoms with van der Waals surface area (Å²) in [6.07, 6.45) is 2.67. The van der Waals surface area contributed by atoms with Gasteiger partial charge in [0.25, 0.3) is 5.91 Å². The van der Waals surface area contributed by atoms with Crippen LogP contribution in [0.3, 0.4) is 0 Å². The Kier molecular flexibility index (Phi) is 3.74. The monoisotopic (exact) mass is 317 g/mol. The molecule has 0 fully saturated rings. The first-order valence-electron chi connectivity index (χ1n) is 7.29. The second kappa shape index (κ2) is 5.57. The highest BCUT2D eigenvalue weighted by Crippen LogP contribution is 2.28. The summed E-state index contributed by atoms with van der Waals surface area (Å²) in [5.74, 6) is 0.623. The third kappa shape index (κ3) is 2.41. The first-order valence-corrected chi connectivity index (χ1v) is 8.11. The summed E-state index contributed by atoms with van der Waals surface area (Å²) in [4.78, 5) is 14.2.